The molecule has 2 aromatic carbocycles. The summed E-state index contributed by atoms with van der Waals surface area (Å²) in [4.78, 5) is 13.2. The second-order valence-corrected chi connectivity index (χ2v) is 7.36. The molecule has 0 radical (unpaired) electrons. The molecule has 4 rings (SSSR count). The first-order valence-electron chi connectivity index (χ1n) is 9.91. The van der Waals surface area contributed by atoms with Crippen LogP contribution in [0.3, 0.4) is 0 Å². The van der Waals surface area contributed by atoms with Gasteiger partial charge in [-0.25, -0.2) is 0 Å². The van der Waals surface area contributed by atoms with Gasteiger partial charge in [0.25, 0.3) is 5.56 Å². The fraction of sp³-hybridized carbons (Fsp3) is 0.304. The highest BCUT2D eigenvalue weighted by atomic mass is 19.4. The number of hydrogen-bond acceptors (Lipinski definition) is 5. The van der Waals surface area contributed by atoms with Crippen LogP contribution in [0, 0.1) is 0 Å². The van der Waals surface area contributed by atoms with Gasteiger partial charge in [0.1, 0.15) is 17.2 Å². The summed E-state index contributed by atoms with van der Waals surface area (Å²) in [6, 6.07) is 8.39. The van der Waals surface area contributed by atoms with E-state index in [-0.39, 0.29) is 11.4 Å². The molecule has 0 bridgehead atoms. The van der Waals surface area contributed by atoms with Crippen LogP contribution in [0.2, 0.25) is 0 Å². The molecule has 0 saturated heterocycles. The summed E-state index contributed by atoms with van der Waals surface area (Å²) in [6.45, 7) is 0. The van der Waals surface area contributed by atoms with Crippen LogP contribution in [0.4, 0.5) is 13.2 Å². The van der Waals surface area contributed by atoms with Crippen LogP contribution in [-0.4, -0.2) is 31.1 Å². The van der Waals surface area contributed by atoms with Crippen molar-refractivity contribution < 1.29 is 27.4 Å². The van der Waals surface area contributed by atoms with Gasteiger partial charge in [-0.1, -0.05) is 0 Å². The minimum absolute atomic E-state index is 0.187. The minimum Gasteiger partial charge on any atom is -0.497 e. The molecular weight excluding hydrogens is 425 g/mol. The van der Waals surface area contributed by atoms with E-state index in [2.05, 4.69) is 5.10 Å². The van der Waals surface area contributed by atoms with Crippen molar-refractivity contribution in [2.24, 2.45) is 0 Å². The lowest BCUT2D eigenvalue weighted by Gasteiger charge is -2.18. The highest BCUT2D eigenvalue weighted by Gasteiger charge is 2.35. The molecule has 6 nitrogen and oxygen atoms in total. The number of ether oxygens (including phenoxy) is 3. The molecule has 0 aliphatic heterocycles. The molecule has 0 amide bonds. The Morgan fingerprint density at radius 3 is 2.09 bits per heavy atom. The lowest BCUT2D eigenvalue weighted by atomic mass is 10.0. The van der Waals surface area contributed by atoms with Crippen LogP contribution in [0.15, 0.2) is 41.2 Å². The fourth-order valence-corrected chi connectivity index (χ4v) is 3.97. The van der Waals surface area contributed by atoms with Gasteiger partial charge in [0, 0.05) is 23.3 Å². The van der Waals surface area contributed by atoms with Gasteiger partial charge in [0.2, 0.25) is 0 Å². The van der Waals surface area contributed by atoms with Gasteiger partial charge in [-0.15, -0.1) is 0 Å². The second-order valence-electron chi connectivity index (χ2n) is 7.36. The fourth-order valence-electron chi connectivity index (χ4n) is 3.97. The third-order valence-electron chi connectivity index (χ3n) is 5.52. The molecule has 1 heterocycles. The van der Waals surface area contributed by atoms with E-state index in [1.807, 2.05) is 0 Å². The Hall–Kier alpha value is -3.49. The molecule has 9 heteroatoms. The quantitative estimate of drug-likeness (QED) is 0.580. The largest absolute Gasteiger partial charge is 0.497 e. The average Bonchev–Trinajstić information content (AvgIpc) is 3.28. The zero-order chi connectivity index (χ0) is 23.0. The Kier molecular flexibility index (Phi) is 5.58. The van der Waals surface area contributed by atoms with E-state index in [4.69, 9.17) is 14.2 Å². The van der Waals surface area contributed by atoms with Crippen molar-refractivity contribution >= 4 is 0 Å². The number of methoxy groups -OCH3 is 3. The maximum atomic E-state index is 13.8. The second kappa shape index (κ2) is 8.22. The summed E-state index contributed by atoms with van der Waals surface area (Å²) in [7, 11) is 4.35. The zero-order valence-electron chi connectivity index (χ0n) is 17.7. The van der Waals surface area contributed by atoms with Gasteiger partial charge >= 0.3 is 6.18 Å². The van der Waals surface area contributed by atoms with Crippen molar-refractivity contribution in [2.45, 2.75) is 25.4 Å². The van der Waals surface area contributed by atoms with E-state index in [0.29, 0.717) is 47.6 Å². The smallest absolute Gasteiger partial charge is 0.418 e. The first kappa shape index (κ1) is 21.7. The summed E-state index contributed by atoms with van der Waals surface area (Å²) in [5.41, 5.74) is 0.295. The summed E-state index contributed by atoms with van der Waals surface area (Å²) in [5.74, 6) is 1.19. The molecule has 0 saturated carbocycles. The average molecular weight is 446 g/mol. The summed E-state index contributed by atoms with van der Waals surface area (Å²) >= 11 is 0. The van der Waals surface area contributed by atoms with E-state index < -0.39 is 17.3 Å². The summed E-state index contributed by atoms with van der Waals surface area (Å²) in [5, 5.41) is 4.42. The number of rotatable bonds is 5. The molecule has 32 heavy (non-hydrogen) atoms. The van der Waals surface area contributed by atoms with Gasteiger partial charge in [-0.3, -0.25) is 4.79 Å². The van der Waals surface area contributed by atoms with Gasteiger partial charge < -0.3 is 14.2 Å². The standard InChI is InChI=1S/C23H21F3N2O4/c1-30-14-7-8-19(23(24,25)26)20(12-14)28-22(29)18-6-4-5-17(18)21(27-28)13-9-15(31-2)11-16(10-13)32-3/h7-12H,4-6H2,1-3H3. The van der Waals surface area contributed by atoms with Gasteiger partial charge in [-0.2, -0.15) is 23.0 Å². The van der Waals surface area contributed by atoms with Crippen LogP contribution in [0.1, 0.15) is 23.1 Å². The number of fused-ring (bicyclic) bond motifs is 1. The molecule has 3 aromatic rings. The third-order valence-corrected chi connectivity index (χ3v) is 5.52. The number of halogens is 3. The van der Waals surface area contributed by atoms with Crippen LogP contribution in [-0.2, 0) is 19.0 Å². The lowest BCUT2D eigenvalue weighted by Crippen LogP contribution is -2.28. The van der Waals surface area contributed by atoms with Crippen molar-refractivity contribution in [2.75, 3.05) is 21.3 Å². The first-order chi connectivity index (χ1) is 15.3. The topological polar surface area (TPSA) is 62.6 Å². The molecule has 0 unspecified atom stereocenters. The van der Waals surface area contributed by atoms with E-state index in [0.717, 1.165) is 16.3 Å². The Balaban J connectivity index is 2.04. The van der Waals surface area contributed by atoms with E-state index in [1.54, 1.807) is 18.2 Å². The van der Waals surface area contributed by atoms with E-state index in [9.17, 15) is 18.0 Å². The Morgan fingerprint density at radius 1 is 0.875 bits per heavy atom. The normalized spacial score (nSPS) is 13.1. The van der Waals surface area contributed by atoms with Crippen molar-refractivity contribution in [3.05, 3.63) is 63.4 Å². The van der Waals surface area contributed by atoms with Crippen molar-refractivity contribution in [3.63, 3.8) is 0 Å². The molecular formula is C23H21F3N2O4. The maximum Gasteiger partial charge on any atom is 0.418 e. The van der Waals surface area contributed by atoms with Crippen LogP contribution in [0.5, 0.6) is 17.2 Å². The Morgan fingerprint density at radius 2 is 1.50 bits per heavy atom. The molecule has 168 valence electrons. The number of nitrogens with zero attached hydrogens (tertiary/aromatic N) is 2. The number of hydrogen-bond donors (Lipinski definition) is 0. The van der Waals surface area contributed by atoms with Gasteiger partial charge in [-0.05, 0) is 49.1 Å². The lowest BCUT2D eigenvalue weighted by molar-refractivity contribution is -0.137. The number of alkyl halides is 3. The van der Waals surface area contributed by atoms with Crippen LogP contribution < -0.4 is 19.8 Å². The van der Waals surface area contributed by atoms with E-state index in [1.165, 1.54) is 33.5 Å². The van der Waals surface area contributed by atoms with Crippen molar-refractivity contribution in [3.8, 4) is 34.2 Å². The maximum absolute atomic E-state index is 13.8. The van der Waals surface area contributed by atoms with Gasteiger partial charge in [0.05, 0.1) is 38.3 Å². The Labute approximate surface area is 182 Å². The molecule has 1 aliphatic carbocycles. The zero-order valence-corrected chi connectivity index (χ0v) is 17.7. The summed E-state index contributed by atoms with van der Waals surface area (Å²) < 4.78 is 57.9. The highest BCUT2D eigenvalue weighted by molar-refractivity contribution is 5.69. The van der Waals surface area contributed by atoms with Crippen LogP contribution >= 0.6 is 0 Å². The molecule has 0 atom stereocenters. The number of benzene rings is 2. The molecule has 1 aromatic heterocycles. The predicted molar refractivity (Wildman–Crippen MR) is 112 cm³/mol. The van der Waals surface area contributed by atoms with Crippen molar-refractivity contribution in [1.29, 1.82) is 0 Å². The molecule has 0 fully saturated rings. The summed E-state index contributed by atoms with van der Waals surface area (Å²) in [6.07, 6.45) is -2.89. The van der Waals surface area contributed by atoms with Crippen LogP contribution in [0.25, 0.3) is 16.9 Å². The van der Waals surface area contributed by atoms with Crippen molar-refractivity contribution in [1.82, 2.24) is 9.78 Å². The molecule has 0 N–H and O–H groups in total. The SMILES string of the molecule is COc1cc(OC)cc(-c2nn(-c3cc(OC)ccc3C(F)(F)F)c(=O)c3c2CCC3)c1. The minimum atomic E-state index is -4.68. The first-order valence-corrected chi connectivity index (χ1v) is 9.91. The number of aromatic nitrogens is 2. The Bertz CT molecular complexity index is 1210. The third kappa shape index (κ3) is 3.79. The predicted octanol–water partition coefficient (Wildman–Crippen LogP) is 4.43. The molecule has 1 aliphatic rings. The highest BCUT2D eigenvalue weighted by Crippen LogP contribution is 2.37. The van der Waals surface area contributed by atoms with Gasteiger partial charge in [0.15, 0.2) is 0 Å². The van der Waals surface area contributed by atoms with E-state index >= 15 is 0 Å². The molecule has 0 spiro atoms. The monoisotopic (exact) mass is 446 g/mol.